The van der Waals surface area contributed by atoms with Gasteiger partial charge in [-0.3, -0.25) is 4.79 Å². The van der Waals surface area contributed by atoms with Crippen molar-refractivity contribution in [1.29, 1.82) is 5.26 Å². The van der Waals surface area contributed by atoms with Gasteiger partial charge in [0, 0.05) is 21.3 Å². The van der Waals surface area contributed by atoms with Gasteiger partial charge in [-0.2, -0.15) is 5.26 Å². The molecule has 0 bridgehead atoms. The molecule has 4 nitrogen and oxygen atoms in total. The molecule has 0 aliphatic rings. The third kappa shape index (κ3) is 6.39. The average molecular weight is 609 g/mol. The van der Waals surface area contributed by atoms with E-state index >= 15 is 0 Å². The van der Waals surface area contributed by atoms with Crippen LogP contribution >= 0.6 is 55.1 Å². The fraction of sp³-hybridized carbons (Fsp3) is 0.120. The molecule has 33 heavy (non-hydrogen) atoms. The summed E-state index contributed by atoms with van der Waals surface area (Å²) < 4.78 is 7.23. The van der Waals surface area contributed by atoms with Crippen LogP contribution in [0.1, 0.15) is 22.3 Å². The molecule has 8 heteroatoms. The van der Waals surface area contributed by atoms with Gasteiger partial charge >= 0.3 is 0 Å². The zero-order valence-electron chi connectivity index (χ0n) is 17.7. The van der Waals surface area contributed by atoms with E-state index in [9.17, 15) is 10.1 Å². The zero-order valence-corrected chi connectivity index (χ0v) is 22.4. The van der Waals surface area contributed by atoms with E-state index in [-0.39, 0.29) is 12.2 Å². The summed E-state index contributed by atoms with van der Waals surface area (Å²) in [4.78, 5) is 12.7. The van der Waals surface area contributed by atoms with Crippen LogP contribution in [0.25, 0.3) is 6.08 Å². The second-order valence-electron chi connectivity index (χ2n) is 7.21. The van der Waals surface area contributed by atoms with Crippen LogP contribution < -0.4 is 10.1 Å². The number of nitrogens with zero attached hydrogens (tertiary/aromatic N) is 1. The summed E-state index contributed by atoms with van der Waals surface area (Å²) in [6.07, 6.45) is 1.52. The maximum Gasteiger partial charge on any atom is 0.266 e. The molecule has 0 spiro atoms. The fourth-order valence-electron chi connectivity index (χ4n) is 2.98. The summed E-state index contributed by atoms with van der Waals surface area (Å²) in [7, 11) is 0. The van der Waals surface area contributed by atoms with Gasteiger partial charge in [-0.1, -0.05) is 41.4 Å². The van der Waals surface area contributed by atoms with Gasteiger partial charge in [-0.05, 0) is 98.8 Å². The van der Waals surface area contributed by atoms with E-state index in [1.165, 1.54) is 6.08 Å². The fourth-order valence-corrected chi connectivity index (χ4v) is 4.89. The summed E-state index contributed by atoms with van der Waals surface area (Å²) in [5.41, 5.74) is 4.11. The molecule has 0 aromatic heterocycles. The molecule has 0 atom stereocenters. The Balaban J connectivity index is 1.80. The van der Waals surface area contributed by atoms with Crippen LogP contribution in [0.15, 0.2) is 63.0 Å². The molecule has 3 aromatic carbocycles. The standard InChI is InChI=1S/C25H18Br2Cl2N2O2/c1-14-4-3-5-23(15(14)2)31-25(32)18(12-30)8-16-9-20(26)24(21(27)10-16)33-13-17-6-7-19(28)11-22(17)29/h3-11H,13H2,1-2H3,(H,31,32)/b18-8+. The number of hydrogen-bond acceptors (Lipinski definition) is 3. The number of rotatable bonds is 6. The Morgan fingerprint density at radius 1 is 1.12 bits per heavy atom. The smallest absolute Gasteiger partial charge is 0.266 e. The largest absolute Gasteiger partial charge is 0.486 e. The van der Waals surface area contributed by atoms with E-state index in [1.54, 1.807) is 30.3 Å². The molecule has 0 heterocycles. The Morgan fingerprint density at radius 2 is 1.82 bits per heavy atom. The first-order valence-electron chi connectivity index (χ1n) is 9.74. The van der Waals surface area contributed by atoms with Crippen LogP contribution in [0.3, 0.4) is 0 Å². The Morgan fingerprint density at radius 3 is 2.45 bits per heavy atom. The highest BCUT2D eigenvalue weighted by Gasteiger charge is 2.14. The van der Waals surface area contributed by atoms with Gasteiger partial charge < -0.3 is 10.1 Å². The van der Waals surface area contributed by atoms with E-state index < -0.39 is 5.91 Å². The minimum atomic E-state index is -0.476. The molecule has 0 radical (unpaired) electrons. The molecule has 168 valence electrons. The molecule has 0 unspecified atom stereocenters. The van der Waals surface area contributed by atoms with Crippen molar-refractivity contribution in [2.45, 2.75) is 20.5 Å². The molecular weight excluding hydrogens is 591 g/mol. The van der Waals surface area contributed by atoms with Crippen LogP contribution in [-0.4, -0.2) is 5.91 Å². The van der Waals surface area contributed by atoms with Gasteiger partial charge in [0.25, 0.3) is 5.91 Å². The van der Waals surface area contributed by atoms with Crippen molar-refractivity contribution in [3.8, 4) is 11.8 Å². The predicted octanol–water partition coefficient (Wildman–Crippen LogP) is 8.26. The van der Waals surface area contributed by atoms with Crippen LogP contribution in [0.5, 0.6) is 5.75 Å². The van der Waals surface area contributed by atoms with E-state index in [1.807, 2.05) is 38.1 Å². The van der Waals surface area contributed by atoms with Crippen LogP contribution in [0, 0.1) is 25.2 Å². The number of benzene rings is 3. The number of carbonyl (C=O) groups is 1. The molecule has 1 N–H and O–H groups in total. The monoisotopic (exact) mass is 606 g/mol. The highest BCUT2D eigenvalue weighted by Crippen LogP contribution is 2.36. The van der Waals surface area contributed by atoms with Crippen molar-refractivity contribution in [2.24, 2.45) is 0 Å². The highest BCUT2D eigenvalue weighted by molar-refractivity contribution is 9.11. The Bertz CT molecular complexity index is 1280. The molecule has 0 aliphatic heterocycles. The average Bonchev–Trinajstić information content (AvgIpc) is 2.75. The van der Waals surface area contributed by atoms with E-state index in [4.69, 9.17) is 27.9 Å². The number of nitrogens with one attached hydrogen (secondary N) is 1. The van der Waals surface area contributed by atoms with Crippen molar-refractivity contribution in [3.63, 3.8) is 0 Å². The van der Waals surface area contributed by atoms with Gasteiger partial charge in [0.2, 0.25) is 0 Å². The molecule has 0 aliphatic carbocycles. The number of aryl methyl sites for hydroxylation is 1. The number of hydrogen-bond donors (Lipinski definition) is 1. The number of amides is 1. The molecule has 3 rings (SSSR count). The van der Waals surface area contributed by atoms with Crippen molar-refractivity contribution < 1.29 is 9.53 Å². The second kappa shape index (κ2) is 11.2. The van der Waals surface area contributed by atoms with Crippen LogP contribution in [-0.2, 0) is 11.4 Å². The maximum absolute atomic E-state index is 12.7. The van der Waals surface area contributed by atoms with Gasteiger partial charge in [0.15, 0.2) is 0 Å². The summed E-state index contributed by atoms with van der Waals surface area (Å²) in [6, 6.07) is 16.4. The normalized spacial score (nSPS) is 11.1. The highest BCUT2D eigenvalue weighted by atomic mass is 79.9. The Labute approximate surface area is 219 Å². The van der Waals surface area contributed by atoms with Crippen molar-refractivity contribution in [2.75, 3.05) is 5.32 Å². The van der Waals surface area contributed by atoms with Gasteiger partial charge in [0.05, 0.1) is 8.95 Å². The summed E-state index contributed by atoms with van der Waals surface area (Å²) in [5.74, 6) is 0.0904. The molecule has 1 amide bonds. The lowest BCUT2D eigenvalue weighted by atomic mass is 10.1. The molecule has 0 saturated heterocycles. The summed E-state index contributed by atoms with van der Waals surface area (Å²) >= 11 is 19.2. The minimum absolute atomic E-state index is 0.0173. The number of nitriles is 1. The lowest BCUT2D eigenvalue weighted by molar-refractivity contribution is -0.112. The number of anilines is 1. The minimum Gasteiger partial charge on any atom is -0.486 e. The lowest BCUT2D eigenvalue weighted by Gasteiger charge is -2.13. The van der Waals surface area contributed by atoms with E-state index in [0.717, 1.165) is 16.7 Å². The first kappa shape index (κ1) is 25.3. The summed E-state index contributed by atoms with van der Waals surface area (Å²) in [5, 5.41) is 13.4. The Kier molecular flexibility index (Phi) is 8.61. The van der Waals surface area contributed by atoms with Crippen molar-refractivity contribution in [3.05, 3.63) is 95.3 Å². The number of carbonyl (C=O) groups excluding carboxylic acids is 1. The third-order valence-corrected chi connectivity index (χ3v) is 6.70. The zero-order chi connectivity index (χ0) is 24.1. The first-order chi connectivity index (χ1) is 15.7. The van der Waals surface area contributed by atoms with E-state index in [2.05, 4.69) is 37.2 Å². The molecule has 3 aromatic rings. The lowest BCUT2D eigenvalue weighted by Crippen LogP contribution is -2.14. The Hall–Kier alpha value is -2.30. The maximum atomic E-state index is 12.7. The van der Waals surface area contributed by atoms with Gasteiger partial charge in [-0.15, -0.1) is 0 Å². The molecular formula is C25H18Br2Cl2N2O2. The van der Waals surface area contributed by atoms with Crippen molar-refractivity contribution >= 4 is 72.7 Å². The van der Waals surface area contributed by atoms with Crippen LogP contribution in [0.4, 0.5) is 5.69 Å². The van der Waals surface area contributed by atoms with Crippen molar-refractivity contribution in [1.82, 2.24) is 0 Å². The molecule has 0 saturated carbocycles. The SMILES string of the molecule is Cc1cccc(NC(=O)/C(C#N)=C/c2cc(Br)c(OCc3ccc(Cl)cc3Cl)c(Br)c2)c1C. The van der Waals surface area contributed by atoms with Gasteiger partial charge in [-0.25, -0.2) is 0 Å². The molecule has 0 fully saturated rings. The quantitative estimate of drug-likeness (QED) is 0.226. The number of ether oxygens (including phenoxy) is 1. The second-order valence-corrected chi connectivity index (χ2v) is 9.76. The predicted molar refractivity (Wildman–Crippen MR) is 141 cm³/mol. The first-order valence-corrected chi connectivity index (χ1v) is 12.1. The van der Waals surface area contributed by atoms with Gasteiger partial charge in [0.1, 0.15) is 24.0 Å². The van der Waals surface area contributed by atoms with Crippen LogP contribution in [0.2, 0.25) is 10.0 Å². The topological polar surface area (TPSA) is 62.1 Å². The van der Waals surface area contributed by atoms with E-state index in [0.29, 0.717) is 36.0 Å². The summed E-state index contributed by atoms with van der Waals surface area (Å²) in [6.45, 7) is 4.13. The number of halogens is 4. The third-order valence-electron chi connectivity index (χ3n) is 4.94.